The molecule has 0 atom stereocenters. The smallest absolute Gasteiger partial charge is 0.335 e. The zero-order valence-electron chi connectivity index (χ0n) is 12.1. The van der Waals surface area contributed by atoms with Gasteiger partial charge in [-0.15, -0.1) is 0 Å². The number of anilines is 1. The van der Waals surface area contributed by atoms with Crippen molar-refractivity contribution in [2.24, 2.45) is 0 Å². The number of nitrogens with zero attached hydrogens (tertiary/aromatic N) is 3. The molecule has 1 aliphatic rings. The first-order valence-electron chi connectivity index (χ1n) is 7.31. The number of carboxylic acid groups (broad SMARTS) is 1. The molecule has 114 valence electrons. The minimum absolute atomic E-state index is 0.171. The van der Waals surface area contributed by atoms with Crippen LogP contribution in [-0.4, -0.2) is 34.1 Å². The summed E-state index contributed by atoms with van der Waals surface area (Å²) in [5.74, 6) is 0.267. The van der Waals surface area contributed by atoms with Gasteiger partial charge in [-0.05, 0) is 43.5 Å². The Morgan fingerprint density at radius 3 is 2.77 bits per heavy atom. The van der Waals surface area contributed by atoms with Crippen LogP contribution in [0.3, 0.4) is 0 Å². The summed E-state index contributed by atoms with van der Waals surface area (Å²) < 4.78 is 5.59. The molecule has 1 aromatic carbocycles. The van der Waals surface area contributed by atoms with E-state index in [1.54, 1.807) is 18.3 Å². The van der Waals surface area contributed by atoms with Gasteiger partial charge in [0.1, 0.15) is 11.6 Å². The summed E-state index contributed by atoms with van der Waals surface area (Å²) in [5, 5.41) is 9.00. The van der Waals surface area contributed by atoms with Gasteiger partial charge in [0.05, 0.1) is 5.56 Å². The Bertz CT molecular complexity index is 669. The molecule has 6 nitrogen and oxygen atoms in total. The SMILES string of the molecule is O=C(O)c1cccc(Oc2nccc(N3CCCCC3)n2)c1. The summed E-state index contributed by atoms with van der Waals surface area (Å²) >= 11 is 0. The van der Waals surface area contributed by atoms with E-state index in [0.717, 1.165) is 18.9 Å². The quantitative estimate of drug-likeness (QED) is 0.935. The van der Waals surface area contributed by atoms with Gasteiger partial charge in [0, 0.05) is 19.3 Å². The fourth-order valence-corrected chi connectivity index (χ4v) is 2.48. The van der Waals surface area contributed by atoms with E-state index in [1.165, 1.54) is 31.4 Å². The van der Waals surface area contributed by atoms with Crippen LogP contribution in [0.1, 0.15) is 29.6 Å². The van der Waals surface area contributed by atoms with E-state index in [1.807, 2.05) is 6.07 Å². The third-order valence-electron chi connectivity index (χ3n) is 3.59. The average Bonchev–Trinajstić information content (AvgIpc) is 2.56. The highest BCUT2D eigenvalue weighted by Gasteiger charge is 2.13. The summed E-state index contributed by atoms with van der Waals surface area (Å²) in [6, 6.07) is 8.38. The van der Waals surface area contributed by atoms with Crippen molar-refractivity contribution in [2.75, 3.05) is 18.0 Å². The van der Waals surface area contributed by atoms with Gasteiger partial charge in [-0.25, -0.2) is 9.78 Å². The number of rotatable bonds is 4. The molecule has 1 fully saturated rings. The van der Waals surface area contributed by atoms with Crippen molar-refractivity contribution in [1.82, 2.24) is 9.97 Å². The summed E-state index contributed by atoms with van der Waals surface area (Å²) in [7, 11) is 0. The standard InChI is InChI=1S/C16H17N3O3/c20-15(21)12-5-4-6-13(11-12)22-16-17-8-7-14(18-16)19-9-2-1-3-10-19/h4-8,11H,1-3,9-10H2,(H,20,21). The first-order valence-corrected chi connectivity index (χ1v) is 7.31. The number of aromatic carboxylic acids is 1. The lowest BCUT2D eigenvalue weighted by Gasteiger charge is -2.27. The number of carbonyl (C=O) groups is 1. The van der Waals surface area contributed by atoms with Gasteiger partial charge in [0.15, 0.2) is 0 Å². The van der Waals surface area contributed by atoms with Crippen molar-refractivity contribution in [2.45, 2.75) is 19.3 Å². The molecular weight excluding hydrogens is 282 g/mol. The molecule has 6 heteroatoms. The number of ether oxygens (including phenoxy) is 1. The lowest BCUT2D eigenvalue weighted by atomic mass is 10.1. The summed E-state index contributed by atoms with van der Waals surface area (Å²) in [6.07, 6.45) is 5.25. The molecule has 0 radical (unpaired) electrons. The Kier molecular flexibility index (Phi) is 4.18. The molecule has 0 bridgehead atoms. The van der Waals surface area contributed by atoms with Crippen LogP contribution in [0.2, 0.25) is 0 Å². The third-order valence-corrected chi connectivity index (χ3v) is 3.59. The largest absolute Gasteiger partial charge is 0.478 e. The Morgan fingerprint density at radius 1 is 1.18 bits per heavy atom. The van der Waals surface area contributed by atoms with Crippen LogP contribution in [0.4, 0.5) is 5.82 Å². The fourth-order valence-electron chi connectivity index (χ4n) is 2.48. The fraction of sp³-hybridized carbons (Fsp3) is 0.312. The molecule has 0 spiro atoms. The molecule has 1 aliphatic heterocycles. The maximum atomic E-state index is 11.0. The van der Waals surface area contributed by atoms with E-state index in [4.69, 9.17) is 9.84 Å². The van der Waals surface area contributed by atoms with E-state index in [9.17, 15) is 4.79 Å². The zero-order valence-corrected chi connectivity index (χ0v) is 12.1. The van der Waals surface area contributed by atoms with E-state index >= 15 is 0 Å². The molecular formula is C16H17N3O3. The van der Waals surface area contributed by atoms with Crippen molar-refractivity contribution in [1.29, 1.82) is 0 Å². The first kappa shape index (κ1) is 14.3. The number of piperidine rings is 1. The van der Waals surface area contributed by atoms with Crippen LogP contribution >= 0.6 is 0 Å². The second-order valence-corrected chi connectivity index (χ2v) is 5.18. The van der Waals surface area contributed by atoms with Crippen molar-refractivity contribution in [3.05, 3.63) is 42.1 Å². The van der Waals surface area contributed by atoms with Gasteiger partial charge in [0.2, 0.25) is 0 Å². The van der Waals surface area contributed by atoms with Crippen molar-refractivity contribution in [3.8, 4) is 11.8 Å². The Morgan fingerprint density at radius 2 is 2.00 bits per heavy atom. The van der Waals surface area contributed by atoms with Crippen LogP contribution in [0.5, 0.6) is 11.8 Å². The van der Waals surface area contributed by atoms with Gasteiger partial charge >= 0.3 is 12.0 Å². The topological polar surface area (TPSA) is 75.6 Å². The average molecular weight is 299 g/mol. The predicted octanol–water partition coefficient (Wildman–Crippen LogP) is 2.96. The number of carboxylic acids is 1. The Hall–Kier alpha value is -2.63. The zero-order chi connectivity index (χ0) is 15.4. The van der Waals surface area contributed by atoms with Gasteiger partial charge in [0.25, 0.3) is 0 Å². The van der Waals surface area contributed by atoms with Crippen molar-refractivity contribution < 1.29 is 14.6 Å². The van der Waals surface area contributed by atoms with E-state index < -0.39 is 5.97 Å². The summed E-state index contributed by atoms with van der Waals surface area (Å²) in [4.78, 5) is 21.7. The van der Waals surface area contributed by atoms with Gasteiger partial charge in [-0.2, -0.15) is 4.98 Å². The molecule has 1 aromatic heterocycles. The van der Waals surface area contributed by atoms with Gasteiger partial charge in [-0.1, -0.05) is 6.07 Å². The van der Waals surface area contributed by atoms with Crippen molar-refractivity contribution >= 4 is 11.8 Å². The number of aromatic nitrogens is 2. The highest BCUT2D eigenvalue weighted by atomic mass is 16.5. The summed E-state index contributed by atoms with van der Waals surface area (Å²) in [6.45, 7) is 1.98. The number of hydrogen-bond acceptors (Lipinski definition) is 5. The molecule has 2 aromatic rings. The van der Waals surface area contributed by atoms with E-state index in [0.29, 0.717) is 5.75 Å². The first-order chi connectivity index (χ1) is 10.7. The van der Waals surface area contributed by atoms with E-state index in [-0.39, 0.29) is 11.6 Å². The molecule has 1 N–H and O–H groups in total. The molecule has 0 unspecified atom stereocenters. The Labute approximate surface area is 128 Å². The third kappa shape index (κ3) is 3.33. The monoisotopic (exact) mass is 299 g/mol. The number of benzene rings is 1. The van der Waals surface area contributed by atoms with Gasteiger partial charge < -0.3 is 14.7 Å². The molecule has 2 heterocycles. The second kappa shape index (κ2) is 6.43. The maximum Gasteiger partial charge on any atom is 0.335 e. The predicted molar refractivity (Wildman–Crippen MR) is 81.6 cm³/mol. The Balaban J connectivity index is 1.77. The van der Waals surface area contributed by atoms with Crippen LogP contribution in [0.25, 0.3) is 0 Å². The lowest BCUT2D eigenvalue weighted by Crippen LogP contribution is -2.30. The molecule has 0 aliphatic carbocycles. The van der Waals surface area contributed by atoms with Crippen molar-refractivity contribution in [3.63, 3.8) is 0 Å². The second-order valence-electron chi connectivity index (χ2n) is 5.18. The molecule has 22 heavy (non-hydrogen) atoms. The molecule has 1 saturated heterocycles. The van der Waals surface area contributed by atoms with Crippen LogP contribution in [-0.2, 0) is 0 Å². The van der Waals surface area contributed by atoms with Crippen LogP contribution in [0.15, 0.2) is 36.5 Å². The molecule has 0 amide bonds. The number of hydrogen-bond donors (Lipinski definition) is 1. The normalized spacial score (nSPS) is 14.6. The molecule has 3 rings (SSSR count). The van der Waals surface area contributed by atoms with E-state index in [2.05, 4.69) is 14.9 Å². The summed E-state index contributed by atoms with van der Waals surface area (Å²) in [5.41, 5.74) is 0.171. The minimum Gasteiger partial charge on any atom is -0.478 e. The molecule has 0 saturated carbocycles. The lowest BCUT2D eigenvalue weighted by molar-refractivity contribution is 0.0696. The highest BCUT2D eigenvalue weighted by Crippen LogP contribution is 2.22. The van der Waals surface area contributed by atoms with Crippen LogP contribution < -0.4 is 9.64 Å². The minimum atomic E-state index is -0.992. The maximum absolute atomic E-state index is 11.0. The van der Waals surface area contributed by atoms with Gasteiger partial charge in [-0.3, -0.25) is 0 Å². The highest BCUT2D eigenvalue weighted by molar-refractivity contribution is 5.88. The van der Waals surface area contributed by atoms with Crippen LogP contribution in [0, 0.1) is 0 Å².